The molecule has 11 heavy (non-hydrogen) atoms. The molecular weight excluding hydrogens is 150 g/mol. The quantitative estimate of drug-likeness (QED) is 0.558. The van der Waals surface area contributed by atoms with Crippen molar-refractivity contribution >= 4 is 0 Å². The molecule has 0 atom stereocenters. The van der Waals surface area contributed by atoms with E-state index in [2.05, 4.69) is 0 Å². The van der Waals surface area contributed by atoms with Crippen LogP contribution in [0.1, 0.15) is 11.1 Å². The molecule has 0 bridgehead atoms. The Morgan fingerprint density at radius 1 is 1.00 bits per heavy atom. The van der Waals surface area contributed by atoms with Crippen molar-refractivity contribution in [1.29, 1.82) is 0 Å². The molecule has 0 unspecified atom stereocenters. The molecule has 0 spiro atoms. The van der Waals surface area contributed by atoms with Gasteiger partial charge in [0.05, 0.1) is 13.2 Å². The normalized spacial score (nSPS) is 15.1. The summed E-state index contributed by atoms with van der Waals surface area (Å²) in [5.41, 5.74) is 1.51. The highest BCUT2D eigenvalue weighted by molar-refractivity contribution is 5.29. The maximum absolute atomic E-state index is 12.5. The standard InChI is InChI=1S/C8H6F2O/c9-7-1-5-3-11-4-6(5)2-8(7)10/h1-2H,3-4H2. The summed E-state index contributed by atoms with van der Waals surface area (Å²) in [5, 5.41) is 0. The lowest BCUT2D eigenvalue weighted by atomic mass is 10.1. The van der Waals surface area contributed by atoms with Crippen molar-refractivity contribution in [2.45, 2.75) is 13.2 Å². The summed E-state index contributed by atoms with van der Waals surface area (Å²) in [4.78, 5) is 0. The Bertz CT molecular complexity index is 267. The van der Waals surface area contributed by atoms with Crippen LogP contribution in [0.4, 0.5) is 8.78 Å². The van der Waals surface area contributed by atoms with Crippen LogP contribution in [-0.4, -0.2) is 0 Å². The average Bonchev–Trinajstić information content (AvgIpc) is 2.36. The average molecular weight is 156 g/mol. The molecule has 1 aromatic rings. The van der Waals surface area contributed by atoms with Crippen LogP contribution in [0.5, 0.6) is 0 Å². The fourth-order valence-electron chi connectivity index (χ4n) is 1.17. The molecule has 0 aliphatic carbocycles. The number of hydrogen-bond acceptors (Lipinski definition) is 1. The van der Waals surface area contributed by atoms with Crippen LogP contribution in [0, 0.1) is 11.6 Å². The third kappa shape index (κ3) is 1.01. The van der Waals surface area contributed by atoms with Gasteiger partial charge in [0.15, 0.2) is 11.6 Å². The second kappa shape index (κ2) is 2.27. The first-order valence-electron chi connectivity index (χ1n) is 3.32. The fourth-order valence-corrected chi connectivity index (χ4v) is 1.17. The second-order valence-corrected chi connectivity index (χ2v) is 2.53. The van der Waals surface area contributed by atoms with Gasteiger partial charge in [-0.1, -0.05) is 0 Å². The maximum atomic E-state index is 12.5. The first-order valence-corrected chi connectivity index (χ1v) is 3.32. The Morgan fingerprint density at radius 2 is 1.45 bits per heavy atom. The van der Waals surface area contributed by atoms with Gasteiger partial charge in [0.25, 0.3) is 0 Å². The number of rotatable bonds is 0. The zero-order chi connectivity index (χ0) is 7.84. The number of halogens is 2. The number of benzene rings is 1. The van der Waals surface area contributed by atoms with E-state index in [1.54, 1.807) is 0 Å². The van der Waals surface area contributed by atoms with Gasteiger partial charge in [-0.2, -0.15) is 0 Å². The van der Waals surface area contributed by atoms with Crippen molar-refractivity contribution in [3.63, 3.8) is 0 Å². The van der Waals surface area contributed by atoms with E-state index < -0.39 is 11.6 Å². The van der Waals surface area contributed by atoms with Gasteiger partial charge >= 0.3 is 0 Å². The molecule has 0 saturated carbocycles. The molecule has 1 aliphatic heterocycles. The summed E-state index contributed by atoms with van der Waals surface area (Å²) in [6, 6.07) is 2.38. The Morgan fingerprint density at radius 3 is 1.91 bits per heavy atom. The smallest absolute Gasteiger partial charge is 0.159 e. The van der Waals surface area contributed by atoms with E-state index in [1.165, 1.54) is 12.1 Å². The molecule has 1 aliphatic rings. The lowest BCUT2D eigenvalue weighted by Gasteiger charge is -1.96. The van der Waals surface area contributed by atoms with Crippen LogP contribution in [0.15, 0.2) is 12.1 Å². The summed E-state index contributed by atoms with van der Waals surface area (Å²) in [6.07, 6.45) is 0. The van der Waals surface area contributed by atoms with Gasteiger partial charge in [-0.05, 0) is 23.3 Å². The third-order valence-electron chi connectivity index (χ3n) is 1.76. The SMILES string of the molecule is Fc1cc2c(cc1F)COC2. The summed E-state index contributed by atoms with van der Waals surface area (Å²) in [7, 11) is 0. The minimum absolute atomic E-state index is 0.395. The largest absolute Gasteiger partial charge is 0.372 e. The van der Waals surface area contributed by atoms with Crippen LogP contribution in [0.2, 0.25) is 0 Å². The van der Waals surface area contributed by atoms with Crippen molar-refractivity contribution in [1.82, 2.24) is 0 Å². The first-order chi connectivity index (χ1) is 5.27. The highest BCUT2D eigenvalue weighted by Crippen LogP contribution is 2.22. The molecule has 0 radical (unpaired) electrons. The minimum atomic E-state index is -0.797. The summed E-state index contributed by atoms with van der Waals surface area (Å²) >= 11 is 0. The summed E-state index contributed by atoms with van der Waals surface area (Å²) in [5.74, 6) is -1.59. The first kappa shape index (κ1) is 6.73. The van der Waals surface area contributed by atoms with Gasteiger partial charge in [-0.25, -0.2) is 8.78 Å². The third-order valence-corrected chi connectivity index (χ3v) is 1.76. The van der Waals surface area contributed by atoms with Crippen molar-refractivity contribution in [3.8, 4) is 0 Å². The van der Waals surface area contributed by atoms with E-state index >= 15 is 0 Å². The monoisotopic (exact) mass is 156 g/mol. The van der Waals surface area contributed by atoms with Crippen molar-refractivity contribution in [2.75, 3.05) is 0 Å². The molecule has 0 aromatic heterocycles. The van der Waals surface area contributed by atoms with Crippen molar-refractivity contribution in [3.05, 3.63) is 34.9 Å². The Labute approximate surface area is 62.6 Å². The van der Waals surface area contributed by atoms with Gasteiger partial charge in [0.1, 0.15) is 0 Å². The zero-order valence-electron chi connectivity index (χ0n) is 5.73. The van der Waals surface area contributed by atoms with E-state index in [0.29, 0.717) is 13.2 Å². The minimum Gasteiger partial charge on any atom is -0.372 e. The Hall–Kier alpha value is -0.960. The predicted molar refractivity (Wildman–Crippen MR) is 34.9 cm³/mol. The van der Waals surface area contributed by atoms with Crippen molar-refractivity contribution in [2.24, 2.45) is 0 Å². The highest BCUT2D eigenvalue weighted by Gasteiger charge is 2.14. The lowest BCUT2D eigenvalue weighted by molar-refractivity contribution is 0.134. The summed E-state index contributed by atoms with van der Waals surface area (Å²) < 4.78 is 30.1. The topological polar surface area (TPSA) is 9.23 Å². The molecule has 0 amide bonds. The number of fused-ring (bicyclic) bond motifs is 1. The van der Waals surface area contributed by atoms with E-state index in [4.69, 9.17) is 4.74 Å². The molecule has 58 valence electrons. The van der Waals surface area contributed by atoms with Crippen LogP contribution < -0.4 is 0 Å². The molecular formula is C8H6F2O. The van der Waals surface area contributed by atoms with Crippen LogP contribution in [-0.2, 0) is 18.0 Å². The van der Waals surface area contributed by atoms with E-state index in [-0.39, 0.29) is 0 Å². The van der Waals surface area contributed by atoms with Gasteiger partial charge in [-0.3, -0.25) is 0 Å². The molecule has 0 fully saturated rings. The maximum Gasteiger partial charge on any atom is 0.159 e. The molecule has 1 nitrogen and oxygen atoms in total. The van der Waals surface area contributed by atoms with Crippen molar-refractivity contribution < 1.29 is 13.5 Å². The zero-order valence-corrected chi connectivity index (χ0v) is 5.73. The van der Waals surface area contributed by atoms with E-state index in [0.717, 1.165) is 11.1 Å². The van der Waals surface area contributed by atoms with E-state index in [9.17, 15) is 8.78 Å². The fraction of sp³-hybridized carbons (Fsp3) is 0.250. The number of hydrogen-bond donors (Lipinski definition) is 0. The highest BCUT2D eigenvalue weighted by atomic mass is 19.2. The van der Waals surface area contributed by atoms with Crippen LogP contribution >= 0.6 is 0 Å². The molecule has 0 N–H and O–H groups in total. The van der Waals surface area contributed by atoms with Crippen LogP contribution in [0.25, 0.3) is 0 Å². The van der Waals surface area contributed by atoms with Gasteiger partial charge < -0.3 is 4.74 Å². The number of ether oxygens (including phenoxy) is 1. The van der Waals surface area contributed by atoms with E-state index in [1.807, 2.05) is 0 Å². The Kier molecular flexibility index (Phi) is 1.39. The molecule has 0 saturated heterocycles. The van der Waals surface area contributed by atoms with Gasteiger partial charge in [0.2, 0.25) is 0 Å². The lowest BCUT2D eigenvalue weighted by Crippen LogP contribution is -1.89. The molecule has 1 aromatic carbocycles. The summed E-state index contributed by atoms with van der Waals surface area (Å²) in [6.45, 7) is 0.791. The predicted octanol–water partition coefficient (Wildman–Crippen LogP) is 1.99. The molecule has 2 rings (SSSR count). The molecule has 3 heteroatoms. The van der Waals surface area contributed by atoms with Crippen LogP contribution in [0.3, 0.4) is 0 Å². The van der Waals surface area contributed by atoms with Gasteiger partial charge in [0, 0.05) is 0 Å². The second-order valence-electron chi connectivity index (χ2n) is 2.53. The van der Waals surface area contributed by atoms with Gasteiger partial charge in [-0.15, -0.1) is 0 Å². The Balaban J connectivity index is 2.57. The molecule has 1 heterocycles.